The maximum absolute atomic E-state index is 12.5. The number of rotatable bonds is 35. The van der Waals surface area contributed by atoms with E-state index in [-0.39, 0.29) is 5.91 Å². The molecule has 1 amide bonds. The first-order valence-electron chi connectivity index (χ1n) is 19.4. The molecule has 6 nitrogen and oxygen atoms in total. The number of aliphatic hydroxyl groups is 1. The highest BCUT2D eigenvalue weighted by molar-refractivity contribution is 7.85. The van der Waals surface area contributed by atoms with Crippen molar-refractivity contribution in [1.29, 1.82) is 0 Å². The molecule has 0 aromatic rings. The Morgan fingerprint density at radius 2 is 0.911 bits per heavy atom. The standard InChI is InChI=1S/C38H75NO5S/c1-3-5-7-9-11-13-15-17-18-19-20-22-24-26-28-30-32-34-38(41)39-36(35-45(42,43)44)37(40)33-31-29-27-25-23-21-16-14-12-10-8-6-4-2/h31,33,36-37,40H,3-30,32,34-35H2,1-2H3,(H,39,41)(H,42,43,44)/b33-31+. The molecule has 3 N–H and O–H groups in total. The molecule has 0 aliphatic carbocycles. The average Bonchev–Trinajstić information content (AvgIpc) is 3.00. The summed E-state index contributed by atoms with van der Waals surface area (Å²) in [5.74, 6) is -0.968. The van der Waals surface area contributed by atoms with Crippen LogP contribution in [0.4, 0.5) is 0 Å². The minimum absolute atomic E-state index is 0.276. The molecule has 268 valence electrons. The van der Waals surface area contributed by atoms with Crippen molar-refractivity contribution < 1.29 is 22.9 Å². The summed E-state index contributed by atoms with van der Waals surface area (Å²) in [5.41, 5.74) is 0. The lowest BCUT2D eigenvalue weighted by atomic mass is 10.0. The third kappa shape index (κ3) is 34.2. The zero-order valence-corrected chi connectivity index (χ0v) is 30.6. The molecule has 0 bridgehead atoms. The van der Waals surface area contributed by atoms with Gasteiger partial charge in [-0.25, -0.2) is 0 Å². The number of carbonyl (C=O) groups is 1. The molecule has 0 aliphatic heterocycles. The van der Waals surface area contributed by atoms with Gasteiger partial charge in [-0.05, 0) is 19.3 Å². The summed E-state index contributed by atoms with van der Waals surface area (Å²) in [6.45, 7) is 4.51. The summed E-state index contributed by atoms with van der Waals surface area (Å²) < 4.78 is 32.4. The highest BCUT2D eigenvalue weighted by Crippen LogP contribution is 2.15. The van der Waals surface area contributed by atoms with Gasteiger partial charge in [0.2, 0.25) is 5.91 Å². The Morgan fingerprint density at radius 1 is 0.578 bits per heavy atom. The number of amides is 1. The molecule has 0 aromatic carbocycles. The van der Waals surface area contributed by atoms with Crippen LogP contribution < -0.4 is 5.32 Å². The van der Waals surface area contributed by atoms with Crippen LogP contribution in [-0.2, 0) is 14.9 Å². The summed E-state index contributed by atoms with van der Waals surface area (Å²) in [6.07, 6.45) is 39.1. The number of hydrogen-bond acceptors (Lipinski definition) is 4. The minimum atomic E-state index is -4.33. The first-order valence-corrected chi connectivity index (χ1v) is 21.0. The second-order valence-corrected chi connectivity index (χ2v) is 15.1. The van der Waals surface area contributed by atoms with Crippen LogP contribution in [0.3, 0.4) is 0 Å². The summed E-state index contributed by atoms with van der Waals surface area (Å²) in [4.78, 5) is 12.5. The SMILES string of the molecule is CCCCCCCCCCCCC/C=C/C(O)C(CS(=O)(=O)O)NC(=O)CCCCCCCCCCCCCCCCCCC. The number of carbonyl (C=O) groups excluding carboxylic acids is 1. The second kappa shape index (κ2) is 33.0. The molecule has 0 spiro atoms. The summed E-state index contributed by atoms with van der Waals surface area (Å²) >= 11 is 0. The van der Waals surface area contributed by atoms with Crippen LogP contribution in [-0.4, -0.2) is 41.9 Å². The van der Waals surface area contributed by atoms with E-state index in [1.165, 1.54) is 148 Å². The van der Waals surface area contributed by atoms with E-state index in [1.54, 1.807) is 6.08 Å². The van der Waals surface area contributed by atoms with E-state index in [9.17, 15) is 22.9 Å². The molecule has 0 aromatic heterocycles. The molecule has 2 atom stereocenters. The van der Waals surface area contributed by atoms with Gasteiger partial charge in [-0.15, -0.1) is 0 Å². The van der Waals surface area contributed by atoms with E-state index >= 15 is 0 Å². The van der Waals surface area contributed by atoms with E-state index in [2.05, 4.69) is 19.2 Å². The Morgan fingerprint density at radius 3 is 1.27 bits per heavy atom. The number of unbranched alkanes of at least 4 members (excludes halogenated alkanes) is 27. The third-order valence-electron chi connectivity index (χ3n) is 8.96. The van der Waals surface area contributed by atoms with Crippen LogP contribution in [0.2, 0.25) is 0 Å². The first-order chi connectivity index (χ1) is 21.8. The maximum Gasteiger partial charge on any atom is 0.267 e. The van der Waals surface area contributed by atoms with Gasteiger partial charge < -0.3 is 10.4 Å². The van der Waals surface area contributed by atoms with E-state index in [4.69, 9.17) is 0 Å². The van der Waals surface area contributed by atoms with Crippen LogP contribution in [0.15, 0.2) is 12.2 Å². The monoisotopic (exact) mass is 658 g/mol. The number of hydrogen-bond donors (Lipinski definition) is 3. The van der Waals surface area contributed by atoms with Gasteiger partial charge in [0.1, 0.15) is 0 Å². The molecule has 45 heavy (non-hydrogen) atoms. The van der Waals surface area contributed by atoms with E-state index in [1.807, 2.05) is 6.08 Å². The zero-order chi connectivity index (χ0) is 33.3. The lowest BCUT2D eigenvalue weighted by Gasteiger charge is -2.21. The Hall–Kier alpha value is -0.920. The molecule has 0 saturated carbocycles. The molecule has 0 heterocycles. The topological polar surface area (TPSA) is 104 Å². The van der Waals surface area contributed by atoms with Gasteiger partial charge in [0, 0.05) is 6.42 Å². The molecule has 0 saturated heterocycles. The predicted octanol–water partition coefficient (Wildman–Crippen LogP) is 11.0. The van der Waals surface area contributed by atoms with Crippen molar-refractivity contribution in [2.75, 3.05) is 5.75 Å². The molecule has 2 unspecified atom stereocenters. The van der Waals surface area contributed by atoms with Crippen molar-refractivity contribution in [3.63, 3.8) is 0 Å². The Bertz CT molecular complexity index is 770. The molecule has 7 heteroatoms. The summed E-state index contributed by atoms with van der Waals surface area (Å²) in [7, 11) is -4.33. The lowest BCUT2D eigenvalue weighted by molar-refractivity contribution is -0.122. The Balaban J connectivity index is 3.90. The zero-order valence-electron chi connectivity index (χ0n) is 29.8. The molecule has 0 rings (SSSR count). The van der Waals surface area contributed by atoms with Crippen LogP contribution in [0.5, 0.6) is 0 Å². The molecular formula is C38H75NO5S. The largest absolute Gasteiger partial charge is 0.387 e. The van der Waals surface area contributed by atoms with Crippen molar-refractivity contribution in [3.05, 3.63) is 12.2 Å². The third-order valence-corrected chi connectivity index (χ3v) is 9.74. The van der Waals surface area contributed by atoms with Crippen LogP contribution in [0.1, 0.15) is 206 Å². The van der Waals surface area contributed by atoms with Crippen LogP contribution in [0, 0.1) is 0 Å². The van der Waals surface area contributed by atoms with Gasteiger partial charge in [-0.3, -0.25) is 9.35 Å². The minimum Gasteiger partial charge on any atom is -0.387 e. The molecule has 0 radical (unpaired) electrons. The lowest BCUT2D eigenvalue weighted by Crippen LogP contribution is -2.46. The average molecular weight is 658 g/mol. The van der Waals surface area contributed by atoms with Gasteiger partial charge in [0.05, 0.1) is 17.9 Å². The smallest absolute Gasteiger partial charge is 0.267 e. The van der Waals surface area contributed by atoms with E-state index in [0.29, 0.717) is 6.42 Å². The fourth-order valence-electron chi connectivity index (χ4n) is 6.04. The number of allylic oxidation sites excluding steroid dienone is 1. The number of nitrogens with one attached hydrogen (secondary N) is 1. The Labute approximate surface area is 280 Å². The van der Waals surface area contributed by atoms with Crippen LogP contribution in [0.25, 0.3) is 0 Å². The highest BCUT2D eigenvalue weighted by atomic mass is 32.2. The van der Waals surface area contributed by atoms with Gasteiger partial charge >= 0.3 is 0 Å². The fourth-order valence-corrected chi connectivity index (χ4v) is 6.77. The molecule has 0 fully saturated rings. The maximum atomic E-state index is 12.5. The fraction of sp³-hybridized carbons (Fsp3) is 0.921. The van der Waals surface area contributed by atoms with Crippen molar-refractivity contribution in [2.45, 2.75) is 219 Å². The van der Waals surface area contributed by atoms with Gasteiger partial charge in [0.25, 0.3) is 10.1 Å². The summed E-state index contributed by atoms with van der Waals surface area (Å²) in [6, 6.07) is -1.05. The van der Waals surface area contributed by atoms with Crippen molar-refractivity contribution in [1.82, 2.24) is 5.32 Å². The first kappa shape index (κ1) is 44.1. The molecule has 0 aliphatic rings. The summed E-state index contributed by atoms with van der Waals surface area (Å²) in [5, 5.41) is 13.2. The van der Waals surface area contributed by atoms with Gasteiger partial charge in [-0.2, -0.15) is 8.42 Å². The quantitative estimate of drug-likeness (QED) is 0.0357. The normalized spacial score (nSPS) is 13.4. The number of aliphatic hydroxyl groups excluding tert-OH is 1. The highest BCUT2D eigenvalue weighted by Gasteiger charge is 2.24. The molecular weight excluding hydrogens is 582 g/mol. The second-order valence-electron chi connectivity index (χ2n) is 13.6. The van der Waals surface area contributed by atoms with Crippen LogP contribution >= 0.6 is 0 Å². The Kier molecular flexibility index (Phi) is 32.3. The van der Waals surface area contributed by atoms with Crippen molar-refractivity contribution >= 4 is 16.0 Å². The van der Waals surface area contributed by atoms with Crippen molar-refractivity contribution in [3.8, 4) is 0 Å². The predicted molar refractivity (Wildman–Crippen MR) is 193 cm³/mol. The van der Waals surface area contributed by atoms with Crippen molar-refractivity contribution in [2.24, 2.45) is 0 Å². The van der Waals surface area contributed by atoms with Gasteiger partial charge in [-0.1, -0.05) is 193 Å². The van der Waals surface area contributed by atoms with E-state index < -0.39 is 28.0 Å². The van der Waals surface area contributed by atoms with Gasteiger partial charge in [0.15, 0.2) is 0 Å². The van der Waals surface area contributed by atoms with E-state index in [0.717, 1.165) is 38.5 Å².